The Bertz CT molecular complexity index is 982. The zero-order valence-corrected chi connectivity index (χ0v) is 15.2. The van der Waals surface area contributed by atoms with E-state index >= 15 is 0 Å². The van der Waals surface area contributed by atoms with E-state index in [1.54, 1.807) is 26.8 Å². The molecule has 2 aromatic rings. The van der Waals surface area contributed by atoms with Crippen LogP contribution in [0.2, 0.25) is 0 Å². The predicted molar refractivity (Wildman–Crippen MR) is 98.4 cm³/mol. The van der Waals surface area contributed by atoms with Crippen molar-refractivity contribution < 1.29 is 19.1 Å². The molecule has 0 fully saturated rings. The normalized spacial score (nSPS) is 16.3. The van der Waals surface area contributed by atoms with Gasteiger partial charge in [0.2, 0.25) is 5.91 Å². The molecule has 2 aromatic carbocycles. The van der Waals surface area contributed by atoms with E-state index in [2.05, 4.69) is 11.4 Å². The van der Waals surface area contributed by atoms with Crippen molar-refractivity contribution in [3.63, 3.8) is 0 Å². The number of rotatable bonds is 1. The van der Waals surface area contributed by atoms with E-state index in [4.69, 9.17) is 4.74 Å². The first-order valence-electron chi connectivity index (χ1n) is 8.97. The van der Waals surface area contributed by atoms with Gasteiger partial charge in [0.1, 0.15) is 0 Å². The fraction of sp³-hybridized carbons (Fsp3) is 0.381. The number of esters is 2. The highest BCUT2D eigenvalue weighted by Crippen LogP contribution is 2.39. The van der Waals surface area contributed by atoms with Crippen LogP contribution in [0.3, 0.4) is 0 Å². The maximum absolute atomic E-state index is 12.5. The van der Waals surface area contributed by atoms with Gasteiger partial charge >= 0.3 is 11.9 Å². The van der Waals surface area contributed by atoms with E-state index < -0.39 is 17.4 Å². The lowest BCUT2D eigenvalue weighted by atomic mass is 9.82. The molecule has 1 amide bonds. The Balaban J connectivity index is 1.99. The van der Waals surface area contributed by atoms with Gasteiger partial charge in [-0.15, -0.1) is 0 Å². The smallest absolute Gasteiger partial charge is 0.348 e. The molecule has 26 heavy (non-hydrogen) atoms. The van der Waals surface area contributed by atoms with Crippen LogP contribution in [0.15, 0.2) is 18.2 Å². The number of carbonyl (C=O) groups is 3. The molecule has 1 N–H and O–H groups in total. The summed E-state index contributed by atoms with van der Waals surface area (Å²) < 4.78 is 5.05. The summed E-state index contributed by atoms with van der Waals surface area (Å²) in [6.45, 7) is 5.41. The molecule has 0 radical (unpaired) electrons. The number of amides is 1. The first-order valence-corrected chi connectivity index (χ1v) is 8.97. The number of anilines is 1. The summed E-state index contributed by atoms with van der Waals surface area (Å²) in [5, 5.41) is 4.28. The summed E-state index contributed by atoms with van der Waals surface area (Å²) in [5.41, 5.74) is 2.72. The van der Waals surface area contributed by atoms with Crippen molar-refractivity contribution in [2.24, 2.45) is 5.41 Å². The Labute approximate surface area is 151 Å². The van der Waals surface area contributed by atoms with E-state index in [0.717, 1.165) is 42.2 Å². The quantitative estimate of drug-likeness (QED) is 0.622. The molecule has 0 aromatic heterocycles. The zero-order chi connectivity index (χ0) is 18.6. The van der Waals surface area contributed by atoms with Gasteiger partial charge in [0.15, 0.2) is 0 Å². The molecule has 134 valence electrons. The molecule has 5 nitrogen and oxygen atoms in total. The molecule has 0 saturated carbocycles. The highest BCUT2D eigenvalue weighted by molar-refractivity contribution is 6.24. The Kier molecular flexibility index (Phi) is 3.65. The highest BCUT2D eigenvalue weighted by Gasteiger charge is 2.34. The van der Waals surface area contributed by atoms with Gasteiger partial charge in [-0.1, -0.05) is 32.9 Å². The van der Waals surface area contributed by atoms with Gasteiger partial charge in [-0.25, -0.2) is 9.59 Å². The molecule has 0 unspecified atom stereocenters. The second kappa shape index (κ2) is 5.66. The van der Waals surface area contributed by atoms with Crippen molar-refractivity contribution in [2.75, 3.05) is 5.32 Å². The number of cyclic esters (lactones) is 2. The maximum Gasteiger partial charge on any atom is 0.348 e. The van der Waals surface area contributed by atoms with Crippen LogP contribution in [0.5, 0.6) is 0 Å². The van der Waals surface area contributed by atoms with Crippen LogP contribution in [0.25, 0.3) is 10.8 Å². The summed E-state index contributed by atoms with van der Waals surface area (Å²) in [5.74, 6) is -1.48. The number of ether oxygens (including phenoxy) is 1. The Hall–Kier alpha value is -2.69. The minimum Gasteiger partial charge on any atom is -0.386 e. The third-order valence-electron chi connectivity index (χ3n) is 5.15. The van der Waals surface area contributed by atoms with Crippen molar-refractivity contribution in [1.82, 2.24) is 0 Å². The van der Waals surface area contributed by atoms with E-state index in [-0.39, 0.29) is 11.5 Å². The van der Waals surface area contributed by atoms with Crippen molar-refractivity contribution in [3.8, 4) is 0 Å². The first kappa shape index (κ1) is 16.8. The zero-order valence-electron chi connectivity index (χ0n) is 15.2. The number of nitrogens with one attached hydrogen (secondary N) is 1. The van der Waals surface area contributed by atoms with Crippen LogP contribution in [0, 0.1) is 5.41 Å². The Morgan fingerprint density at radius 2 is 1.73 bits per heavy atom. The van der Waals surface area contributed by atoms with Crippen LogP contribution in [-0.4, -0.2) is 17.8 Å². The van der Waals surface area contributed by atoms with Crippen molar-refractivity contribution >= 4 is 34.3 Å². The average molecular weight is 351 g/mol. The van der Waals surface area contributed by atoms with E-state index in [1.807, 2.05) is 6.07 Å². The van der Waals surface area contributed by atoms with Crippen LogP contribution in [0.4, 0.5) is 5.69 Å². The van der Waals surface area contributed by atoms with Crippen molar-refractivity contribution in [1.29, 1.82) is 0 Å². The number of fused-ring (bicyclic) bond motifs is 2. The number of hydrogen-bond donors (Lipinski definition) is 1. The third-order valence-corrected chi connectivity index (χ3v) is 5.15. The topological polar surface area (TPSA) is 72.5 Å². The summed E-state index contributed by atoms with van der Waals surface area (Å²) in [6.07, 6.45) is 3.85. The number of hydrogen-bond acceptors (Lipinski definition) is 4. The minimum absolute atomic E-state index is 0.197. The van der Waals surface area contributed by atoms with Gasteiger partial charge in [0.25, 0.3) is 0 Å². The molecule has 0 saturated heterocycles. The number of carbonyl (C=O) groups excluding carboxylic acids is 3. The van der Waals surface area contributed by atoms with Gasteiger partial charge < -0.3 is 10.1 Å². The molecule has 1 heterocycles. The Morgan fingerprint density at radius 3 is 2.46 bits per heavy atom. The highest BCUT2D eigenvalue weighted by atomic mass is 16.6. The number of aryl methyl sites for hydroxylation is 1. The van der Waals surface area contributed by atoms with Crippen LogP contribution in [0.1, 0.15) is 65.5 Å². The van der Waals surface area contributed by atoms with Gasteiger partial charge in [-0.3, -0.25) is 4.79 Å². The Morgan fingerprint density at radius 1 is 1.04 bits per heavy atom. The molecule has 0 bridgehead atoms. The van der Waals surface area contributed by atoms with E-state index in [9.17, 15) is 14.4 Å². The average Bonchev–Trinajstić information content (AvgIpc) is 2.57. The SMILES string of the molecule is CC(C)(C)C(=O)Nc1ccc2cc3c(c4c2c1C(=O)OC4=O)CCCC3. The fourth-order valence-corrected chi connectivity index (χ4v) is 3.76. The molecule has 0 spiro atoms. The van der Waals surface area contributed by atoms with Gasteiger partial charge in [0, 0.05) is 10.8 Å². The van der Waals surface area contributed by atoms with Crippen LogP contribution in [-0.2, 0) is 22.4 Å². The molecular formula is C21H21NO4. The van der Waals surface area contributed by atoms with Gasteiger partial charge in [0.05, 0.1) is 16.8 Å². The molecule has 2 aliphatic rings. The lowest BCUT2D eigenvalue weighted by Gasteiger charge is -2.26. The molecule has 0 atom stereocenters. The lowest BCUT2D eigenvalue weighted by Crippen LogP contribution is -2.30. The second-order valence-electron chi connectivity index (χ2n) is 8.06. The van der Waals surface area contributed by atoms with Crippen LogP contribution < -0.4 is 5.32 Å². The fourth-order valence-electron chi connectivity index (χ4n) is 3.76. The van der Waals surface area contributed by atoms with Crippen LogP contribution >= 0.6 is 0 Å². The minimum atomic E-state index is -0.701. The monoisotopic (exact) mass is 351 g/mol. The molecular weight excluding hydrogens is 330 g/mol. The van der Waals surface area contributed by atoms with Gasteiger partial charge in [-0.2, -0.15) is 0 Å². The standard InChI is InChI=1S/C21H21NO4/c1-21(2,3)20(25)22-14-9-8-12-10-11-6-4-5-7-13(11)16-15(12)17(14)19(24)26-18(16)23/h8-10H,4-7H2,1-3H3,(H,22,25). The van der Waals surface area contributed by atoms with E-state index in [0.29, 0.717) is 16.6 Å². The maximum atomic E-state index is 12.5. The number of benzene rings is 2. The summed E-state index contributed by atoms with van der Waals surface area (Å²) >= 11 is 0. The second-order valence-corrected chi connectivity index (χ2v) is 8.06. The summed E-state index contributed by atoms with van der Waals surface area (Å²) in [6, 6.07) is 5.65. The first-order chi connectivity index (χ1) is 12.3. The largest absolute Gasteiger partial charge is 0.386 e. The van der Waals surface area contributed by atoms with Gasteiger partial charge in [-0.05, 0) is 48.3 Å². The molecule has 5 heteroatoms. The molecule has 1 aliphatic heterocycles. The summed E-state index contributed by atoms with van der Waals surface area (Å²) in [7, 11) is 0. The molecule has 4 rings (SSSR count). The van der Waals surface area contributed by atoms with Crippen molar-refractivity contribution in [2.45, 2.75) is 46.5 Å². The van der Waals surface area contributed by atoms with Crippen molar-refractivity contribution in [3.05, 3.63) is 40.5 Å². The predicted octanol–water partition coefficient (Wildman–Crippen LogP) is 4.01. The van der Waals surface area contributed by atoms with E-state index in [1.165, 1.54) is 0 Å². The third kappa shape index (κ3) is 2.50. The lowest BCUT2D eigenvalue weighted by molar-refractivity contribution is -0.123. The summed E-state index contributed by atoms with van der Waals surface area (Å²) in [4.78, 5) is 37.4. The molecule has 1 aliphatic carbocycles.